The molecule has 0 aliphatic carbocycles. The summed E-state index contributed by atoms with van der Waals surface area (Å²) < 4.78 is 5.40. The van der Waals surface area contributed by atoms with E-state index in [1.165, 1.54) is 5.01 Å². The Morgan fingerprint density at radius 2 is 1.88 bits per heavy atom. The van der Waals surface area contributed by atoms with Crippen LogP contribution in [0.15, 0.2) is 88.7 Å². The largest absolute Gasteiger partial charge is 0.508 e. The molecule has 1 unspecified atom stereocenters. The summed E-state index contributed by atoms with van der Waals surface area (Å²) in [6.45, 7) is 0. The number of carbonyl (C=O) groups is 1. The van der Waals surface area contributed by atoms with Crippen molar-refractivity contribution in [1.82, 2.24) is 15.1 Å². The van der Waals surface area contributed by atoms with Gasteiger partial charge in [-0.3, -0.25) is 9.78 Å². The highest BCUT2D eigenvalue weighted by Gasteiger charge is 2.36. The van der Waals surface area contributed by atoms with Crippen LogP contribution in [0.1, 0.15) is 34.1 Å². The van der Waals surface area contributed by atoms with E-state index in [9.17, 15) is 9.90 Å². The van der Waals surface area contributed by atoms with Gasteiger partial charge in [0.2, 0.25) is 0 Å². The van der Waals surface area contributed by atoms with Gasteiger partial charge in [0, 0.05) is 46.6 Å². The Morgan fingerprint density at radius 3 is 2.62 bits per heavy atom. The number of nitrogens with zero attached hydrogens (tertiary/aromatic N) is 4. The van der Waals surface area contributed by atoms with E-state index in [4.69, 9.17) is 16.1 Å². The summed E-state index contributed by atoms with van der Waals surface area (Å²) in [5.41, 5.74) is 2.97. The number of pyridine rings is 1. The molecule has 1 aliphatic rings. The predicted octanol–water partition coefficient (Wildman–Crippen LogP) is 5.09. The summed E-state index contributed by atoms with van der Waals surface area (Å²) in [5, 5.41) is 20.9. The summed E-state index contributed by atoms with van der Waals surface area (Å²) in [6.07, 6.45) is 3.80. The summed E-state index contributed by atoms with van der Waals surface area (Å²) >= 11 is 5.95. The second-order valence-corrected chi connectivity index (χ2v) is 7.74. The SMILES string of the molecule is O=C(c1cc(-c2ccc(Cl)cc2)on1)N1N=C(c2cccnc2)CC1c1ccccc1O. The third kappa shape index (κ3) is 3.74. The number of aromatic nitrogens is 2. The van der Waals surface area contributed by atoms with Crippen molar-refractivity contribution in [1.29, 1.82) is 0 Å². The number of aromatic hydroxyl groups is 1. The van der Waals surface area contributed by atoms with E-state index < -0.39 is 11.9 Å². The van der Waals surface area contributed by atoms with Crippen molar-refractivity contribution in [3.05, 3.63) is 101 Å². The number of amides is 1. The zero-order valence-corrected chi connectivity index (χ0v) is 17.5. The number of para-hydroxylation sites is 1. The second-order valence-electron chi connectivity index (χ2n) is 7.30. The first-order chi connectivity index (χ1) is 15.6. The molecular formula is C24H17ClN4O3. The first-order valence-corrected chi connectivity index (χ1v) is 10.3. The van der Waals surface area contributed by atoms with Crippen LogP contribution in [0.2, 0.25) is 5.02 Å². The molecule has 0 fully saturated rings. The van der Waals surface area contributed by atoms with Crippen LogP contribution < -0.4 is 0 Å². The van der Waals surface area contributed by atoms with Crippen molar-refractivity contribution < 1.29 is 14.4 Å². The topological polar surface area (TPSA) is 91.8 Å². The van der Waals surface area contributed by atoms with E-state index in [1.807, 2.05) is 18.2 Å². The molecule has 2 aromatic carbocycles. The van der Waals surface area contributed by atoms with Gasteiger partial charge >= 0.3 is 0 Å². The number of hydrazone groups is 1. The van der Waals surface area contributed by atoms with Gasteiger partial charge in [0.05, 0.1) is 11.8 Å². The fraction of sp³-hybridized carbons (Fsp3) is 0.0833. The maximum absolute atomic E-state index is 13.4. The molecule has 158 valence electrons. The average Bonchev–Trinajstić information content (AvgIpc) is 3.48. The Kier molecular flexibility index (Phi) is 5.17. The van der Waals surface area contributed by atoms with E-state index in [1.54, 1.807) is 60.9 Å². The third-order valence-electron chi connectivity index (χ3n) is 5.27. The highest BCUT2D eigenvalue weighted by atomic mass is 35.5. The van der Waals surface area contributed by atoms with Gasteiger partial charge in [-0.25, -0.2) is 5.01 Å². The van der Waals surface area contributed by atoms with Crippen LogP contribution in [0.25, 0.3) is 11.3 Å². The Balaban J connectivity index is 1.51. The van der Waals surface area contributed by atoms with Crippen LogP contribution in [0.4, 0.5) is 0 Å². The first kappa shape index (κ1) is 20.0. The second kappa shape index (κ2) is 8.28. The number of phenols is 1. The molecule has 8 heteroatoms. The highest BCUT2D eigenvalue weighted by Crippen LogP contribution is 2.37. The molecule has 1 N–H and O–H groups in total. The lowest BCUT2D eigenvalue weighted by atomic mass is 9.98. The zero-order valence-electron chi connectivity index (χ0n) is 16.7. The molecule has 7 nitrogen and oxygen atoms in total. The summed E-state index contributed by atoms with van der Waals surface area (Å²) in [5.74, 6) is 0.112. The molecule has 32 heavy (non-hydrogen) atoms. The van der Waals surface area contributed by atoms with E-state index >= 15 is 0 Å². The number of carbonyl (C=O) groups excluding carboxylic acids is 1. The molecule has 0 saturated carbocycles. The van der Waals surface area contributed by atoms with E-state index in [2.05, 4.69) is 15.2 Å². The van der Waals surface area contributed by atoms with Crippen LogP contribution in [0.5, 0.6) is 5.75 Å². The van der Waals surface area contributed by atoms with E-state index in [-0.39, 0.29) is 11.4 Å². The minimum absolute atomic E-state index is 0.0972. The molecule has 5 rings (SSSR count). The van der Waals surface area contributed by atoms with Gasteiger partial charge in [-0.1, -0.05) is 41.0 Å². The molecule has 1 aliphatic heterocycles. The molecule has 1 atom stereocenters. The molecule has 2 aromatic heterocycles. The smallest absolute Gasteiger partial charge is 0.296 e. The number of rotatable bonds is 4. The van der Waals surface area contributed by atoms with E-state index in [0.717, 1.165) is 11.1 Å². The average molecular weight is 445 g/mol. The van der Waals surface area contributed by atoms with Gasteiger partial charge in [-0.2, -0.15) is 5.10 Å². The maximum atomic E-state index is 13.4. The van der Waals surface area contributed by atoms with Gasteiger partial charge in [0.1, 0.15) is 5.75 Å². The molecule has 4 aromatic rings. The van der Waals surface area contributed by atoms with Gasteiger partial charge < -0.3 is 9.63 Å². The van der Waals surface area contributed by atoms with Crippen molar-refractivity contribution in [3.8, 4) is 17.1 Å². The molecule has 0 spiro atoms. The number of benzene rings is 2. The van der Waals surface area contributed by atoms with Crippen LogP contribution >= 0.6 is 11.6 Å². The highest BCUT2D eigenvalue weighted by molar-refractivity contribution is 6.30. The normalized spacial score (nSPS) is 15.6. The Bertz CT molecular complexity index is 1300. The van der Waals surface area contributed by atoms with Gasteiger partial charge in [0.15, 0.2) is 11.5 Å². The molecule has 0 saturated heterocycles. The van der Waals surface area contributed by atoms with Crippen LogP contribution in [0, 0.1) is 0 Å². The van der Waals surface area contributed by atoms with Gasteiger partial charge in [-0.05, 0) is 36.4 Å². The minimum atomic E-state index is -0.491. The molecular weight excluding hydrogens is 428 g/mol. The van der Waals surface area contributed by atoms with Crippen LogP contribution in [-0.2, 0) is 0 Å². The minimum Gasteiger partial charge on any atom is -0.508 e. The monoisotopic (exact) mass is 444 g/mol. The fourth-order valence-electron chi connectivity index (χ4n) is 3.66. The number of halogens is 1. The Morgan fingerprint density at radius 1 is 1.06 bits per heavy atom. The number of phenolic OH excluding ortho intramolecular Hbond substituents is 1. The third-order valence-corrected chi connectivity index (χ3v) is 5.52. The lowest BCUT2D eigenvalue weighted by molar-refractivity contribution is 0.0699. The van der Waals surface area contributed by atoms with Crippen molar-refractivity contribution >= 4 is 23.2 Å². The van der Waals surface area contributed by atoms with E-state index in [0.29, 0.717) is 28.5 Å². The van der Waals surface area contributed by atoms with Crippen molar-refractivity contribution in [3.63, 3.8) is 0 Å². The standard InChI is InChI=1S/C24H17ClN4O3/c25-17-9-7-15(8-10-17)23-13-20(28-32-23)24(31)29-21(18-5-1-2-6-22(18)30)12-19(27-29)16-4-3-11-26-14-16/h1-11,13-14,21,30H,12H2. The van der Waals surface area contributed by atoms with Crippen molar-refractivity contribution in [2.75, 3.05) is 0 Å². The van der Waals surface area contributed by atoms with Gasteiger partial charge in [0.25, 0.3) is 5.91 Å². The molecule has 3 heterocycles. The predicted molar refractivity (Wildman–Crippen MR) is 119 cm³/mol. The number of hydrogen-bond acceptors (Lipinski definition) is 6. The molecule has 1 amide bonds. The maximum Gasteiger partial charge on any atom is 0.296 e. The lowest BCUT2D eigenvalue weighted by Gasteiger charge is -2.21. The summed E-state index contributed by atoms with van der Waals surface area (Å²) in [4.78, 5) is 17.5. The first-order valence-electron chi connectivity index (χ1n) is 9.92. The number of hydrogen-bond donors (Lipinski definition) is 1. The quantitative estimate of drug-likeness (QED) is 0.473. The fourth-order valence-corrected chi connectivity index (χ4v) is 3.79. The summed E-state index contributed by atoms with van der Waals surface area (Å²) in [7, 11) is 0. The van der Waals surface area contributed by atoms with Crippen LogP contribution in [-0.4, -0.2) is 31.9 Å². The summed E-state index contributed by atoms with van der Waals surface area (Å²) in [6, 6.07) is 18.8. The molecule has 0 radical (unpaired) electrons. The zero-order chi connectivity index (χ0) is 22.1. The Hall–Kier alpha value is -3.97. The van der Waals surface area contributed by atoms with Crippen LogP contribution in [0.3, 0.4) is 0 Å². The van der Waals surface area contributed by atoms with Crippen molar-refractivity contribution in [2.24, 2.45) is 5.10 Å². The lowest BCUT2D eigenvalue weighted by Crippen LogP contribution is -2.27. The van der Waals surface area contributed by atoms with Crippen molar-refractivity contribution in [2.45, 2.75) is 12.5 Å². The van der Waals surface area contributed by atoms with Gasteiger partial charge in [-0.15, -0.1) is 0 Å². The molecule has 0 bridgehead atoms. The Labute approximate surface area is 188 Å².